The first kappa shape index (κ1) is 54.0. The van der Waals surface area contributed by atoms with Gasteiger partial charge in [-0.05, 0) is 184 Å². The minimum absolute atomic E-state index is 0. The second-order valence-electron chi connectivity index (χ2n) is 25.4. The third kappa shape index (κ3) is 7.28. The first-order chi connectivity index (χ1) is 44.8. The molecule has 92 heavy (non-hydrogen) atoms. The Balaban J connectivity index is 0.000000154. The highest BCUT2D eigenvalue weighted by Gasteiger charge is 2.57. The summed E-state index contributed by atoms with van der Waals surface area (Å²) >= 11 is 6.19. The molecule has 5 aliphatic carbocycles. The number of nitrogens with zero attached hydrogens (tertiary/aromatic N) is 1. The minimum Gasteiger partial charge on any atom is -1.00 e. The fourth-order valence-electron chi connectivity index (χ4n) is 16.7. The number of furan rings is 2. The molecular weight excluding hydrogens is 1140 g/mol. The van der Waals surface area contributed by atoms with E-state index in [1.54, 1.807) is 0 Å². The average molecular weight is 1200 g/mol. The van der Waals surface area contributed by atoms with Crippen molar-refractivity contribution >= 4 is 50.6 Å². The molecule has 2 atom stereocenters. The summed E-state index contributed by atoms with van der Waals surface area (Å²) in [5, 5.41) is 3.09. The molecule has 0 saturated heterocycles. The lowest BCUT2D eigenvalue weighted by Crippen LogP contribution is -2.25. The van der Waals surface area contributed by atoms with Crippen molar-refractivity contribution in [1.82, 2.24) is 0 Å². The highest BCUT2D eigenvalue weighted by Crippen LogP contribution is 2.67. The van der Waals surface area contributed by atoms with Crippen molar-refractivity contribution in [3.8, 4) is 77.9 Å². The van der Waals surface area contributed by atoms with Gasteiger partial charge in [-0.15, -0.1) is 0 Å². The lowest BCUT2D eigenvalue weighted by atomic mass is 9.73. The van der Waals surface area contributed by atoms with E-state index >= 15 is 0 Å². The van der Waals surface area contributed by atoms with Gasteiger partial charge in [-0.1, -0.05) is 263 Å². The Morgan fingerprint density at radius 1 is 0.293 bits per heavy atom. The van der Waals surface area contributed by atoms with Crippen LogP contribution in [0.2, 0.25) is 5.02 Å². The Morgan fingerprint density at radius 3 is 1.15 bits per heavy atom. The second kappa shape index (κ2) is 20.0. The number of rotatable bonds is 5. The maximum atomic E-state index is 6.97. The van der Waals surface area contributed by atoms with E-state index in [0.29, 0.717) is 0 Å². The first-order valence-corrected chi connectivity index (χ1v) is 31.9. The average Bonchev–Trinajstić information content (AvgIpc) is 1.51. The molecule has 4 heteroatoms. The van der Waals surface area contributed by atoms with Gasteiger partial charge in [0.2, 0.25) is 0 Å². The van der Waals surface area contributed by atoms with Gasteiger partial charge in [-0.25, -0.2) is 0 Å². The minimum atomic E-state index is -0.544. The van der Waals surface area contributed by atoms with Crippen LogP contribution in [0.5, 0.6) is 0 Å². The molecule has 13 aromatic carbocycles. The lowest BCUT2D eigenvalue weighted by Gasteiger charge is -2.29. The summed E-state index contributed by atoms with van der Waals surface area (Å²) in [5.74, 6) is 2.05. The fourth-order valence-corrected chi connectivity index (χ4v) is 16.9. The topological polar surface area (TPSA) is 29.5 Å². The van der Waals surface area contributed by atoms with E-state index in [0.717, 1.165) is 50.3 Å². The smallest absolute Gasteiger partial charge is 0.135 e. The third-order valence-electron chi connectivity index (χ3n) is 20.6. The van der Waals surface area contributed by atoms with Gasteiger partial charge in [-0.2, -0.15) is 0 Å². The molecule has 0 bridgehead atoms. The molecule has 2 unspecified atom stereocenters. The zero-order chi connectivity index (χ0) is 60.3. The van der Waals surface area contributed by atoms with Crippen molar-refractivity contribution in [1.29, 1.82) is 0 Å². The fraction of sp³-hybridized carbons (Fsp3) is 0.0682. The van der Waals surface area contributed by atoms with Crippen LogP contribution in [0.15, 0.2) is 312 Å². The Labute approximate surface area is 542 Å². The highest BCUT2D eigenvalue weighted by molar-refractivity contribution is 6.30. The molecule has 2 aromatic heterocycles. The SMILES string of the molecule is C.CC1(C)c2ccccc2-c2ccc(N(c3ccccc3)c3ccc(-c4ccc5c(c4)C4(c6ccccc6-5)c5ccccc5-c5c4oc4ccccc54)cc3)cc21.Clc1ccc(-c2ccc3c(c2)C2(c4ccccc4-3)c3ccccc3-c3c2oc2ccccc32)cc1.[2H-]. The molecule has 15 aromatic rings. The maximum absolute atomic E-state index is 6.97. The number of hydrogen-bond acceptors (Lipinski definition) is 3. The van der Waals surface area contributed by atoms with Gasteiger partial charge >= 0.3 is 0 Å². The Bertz CT molecular complexity index is 5540. The normalized spacial score (nSPS) is 16.3. The lowest BCUT2D eigenvalue weighted by molar-refractivity contribution is 0.506. The zero-order valence-corrected chi connectivity index (χ0v) is 50.8. The van der Waals surface area contributed by atoms with Crippen LogP contribution in [-0.4, -0.2) is 0 Å². The van der Waals surface area contributed by atoms with Crippen LogP contribution in [-0.2, 0) is 16.2 Å². The zero-order valence-electron chi connectivity index (χ0n) is 51.0. The van der Waals surface area contributed by atoms with Crippen LogP contribution in [0, 0.1) is 0 Å². The molecule has 0 radical (unpaired) electrons. The summed E-state index contributed by atoms with van der Waals surface area (Å²) in [5.41, 5.74) is 32.0. The monoisotopic (exact) mass is 1200 g/mol. The molecule has 0 N–H and O–H groups in total. The molecule has 3 nitrogen and oxygen atoms in total. The van der Waals surface area contributed by atoms with Crippen LogP contribution < -0.4 is 4.90 Å². The predicted octanol–water partition coefficient (Wildman–Crippen LogP) is 24.1. The molecule has 0 saturated carbocycles. The van der Waals surface area contributed by atoms with Gasteiger partial charge in [0.1, 0.15) is 33.5 Å². The van der Waals surface area contributed by atoms with Crippen molar-refractivity contribution in [3.63, 3.8) is 0 Å². The van der Waals surface area contributed by atoms with Gasteiger partial charge < -0.3 is 15.2 Å². The number of halogens is 1. The molecule has 438 valence electrons. The second-order valence-corrected chi connectivity index (χ2v) is 25.9. The Kier molecular flexibility index (Phi) is 11.7. The molecule has 0 fully saturated rings. The molecule has 5 aliphatic rings. The van der Waals surface area contributed by atoms with E-state index in [1.807, 2.05) is 12.1 Å². The summed E-state index contributed by atoms with van der Waals surface area (Å²) in [6, 6.07) is 110. The molecule has 0 amide bonds. The van der Waals surface area contributed by atoms with Crippen LogP contribution in [0.1, 0.15) is 78.7 Å². The van der Waals surface area contributed by atoms with Crippen LogP contribution >= 0.6 is 11.6 Å². The van der Waals surface area contributed by atoms with Gasteiger partial charge in [0.05, 0.1) is 0 Å². The van der Waals surface area contributed by atoms with E-state index in [9.17, 15) is 0 Å². The molecule has 0 aliphatic heterocycles. The van der Waals surface area contributed by atoms with Gasteiger partial charge in [0.15, 0.2) is 0 Å². The molecular formula is C88H61ClNO2-. The number of benzene rings is 13. The molecule has 2 heterocycles. The van der Waals surface area contributed by atoms with Crippen molar-refractivity contribution in [2.24, 2.45) is 0 Å². The molecule has 20 rings (SSSR count). The molecule has 2 spiro atoms. The Morgan fingerprint density at radius 2 is 0.641 bits per heavy atom. The number of hydrogen-bond donors (Lipinski definition) is 0. The summed E-state index contributed by atoms with van der Waals surface area (Å²) in [6.45, 7) is 4.70. The van der Waals surface area contributed by atoms with E-state index in [2.05, 4.69) is 310 Å². The van der Waals surface area contributed by atoms with E-state index in [1.165, 1.54) is 128 Å². The quantitative estimate of drug-likeness (QED) is 0.172. The van der Waals surface area contributed by atoms with Crippen molar-refractivity contribution in [2.75, 3.05) is 4.90 Å². The summed E-state index contributed by atoms with van der Waals surface area (Å²) < 4.78 is 13.8. The highest BCUT2D eigenvalue weighted by atomic mass is 35.5. The van der Waals surface area contributed by atoms with E-state index < -0.39 is 10.8 Å². The van der Waals surface area contributed by atoms with Crippen LogP contribution in [0.25, 0.3) is 99.8 Å². The van der Waals surface area contributed by atoms with Crippen molar-refractivity contribution in [3.05, 3.63) is 364 Å². The van der Waals surface area contributed by atoms with Crippen molar-refractivity contribution < 1.29 is 10.3 Å². The largest absolute Gasteiger partial charge is 1.00 e. The third-order valence-corrected chi connectivity index (χ3v) is 20.9. The Hall–Kier alpha value is -11.0. The van der Waals surface area contributed by atoms with Crippen LogP contribution in [0.4, 0.5) is 17.1 Å². The van der Waals surface area contributed by atoms with Crippen LogP contribution in [0.3, 0.4) is 0 Å². The number of para-hydroxylation sites is 3. The van der Waals surface area contributed by atoms with Crippen molar-refractivity contribution in [2.45, 2.75) is 37.5 Å². The predicted molar refractivity (Wildman–Crippen MR) is 381 cm³/mol. The van der Waals surface area contributed by atoms with E-state index in [4.69, 9.17) is 20.4 Å². The summed E-state index contributed by atoms with van der Waals surface area (Å²) in [4.78, 5) is 2.38. The van der Waals surface area contributed by atoms with Gasteiger partial charge in [-0.3, -0.25) is 0 Å². The maximum Gasteiger partial charge on any atom is 0.135 e. The van der Waals surface area contributed by atoms with E-state index in [-0.39, 0.29) is 14.3 Å². The summed E-state index contributed by atoms with van der Waals surface area (Å²) in [6.07, 6.45) is 0. The summed E-state index contributed by atoms with van der Waals surface area (Å²) in [7, 11) is 0. The number of anilines is 3. The van der Waals surface area contributed by atoms with Gasteiger partial charge in [0.25, 0.3) is 0 Å². The van der Waals surface area contributed by atoms with Gasteiger partial charge in [0, 0.05) is 49.4 Å². The standard InChI is InChI=1S/C54H37NO.C33H19ClO.CH4.H/c1-53(2)45-20-10-6-16-39(45)41-31-29-38(33-48(41)53)55(36-14-4-3-5-15-36)37-27-24-34(25-28-37)35-26-30-42-40-17-7-11-21-46(40)54(49(42)32-35)47-22-12-8-18-43(47)51-44-19-9-13-23-50(44)56-52(51)54;34-22-16-13-20(14-17-22)21-15-18-24-23-7-1-4-10-27(23)33(29(24)19-21)28-11-5-2-8-25(28)31-26-9-3-6-12-30(26)35-32(31)33;;/h3-33H,1-2H3;1-19H;1H4;/q;;;-1/i;;;1+1. The number of fused-ring (bicyclic) bond motifs is 27. The first-order valence-electron chi connectivity index (χ1n) is 31.5.